The molecule has 4 nitrogen and oxygen atoms in total. The Morgan fingerprint density at radius 1 is 1.12 bits per heavy atom. The summed E-state index contributed by atoms with van der Waals surface area (Å²) in [6, 6.07) is 12.4. The summed E-state index contributed by atoms with van der Waals surface area (Å²) in [5.74, 6) is -0.254. The lowest BCUT2D eigenvalue weighted by Gasteiger charge is -1.96. The second kappa shape index (κ2) is 5.50. The van der Waals surface area contributed by atoms with Crippen LogP contribution in [0.25, 0.3) is 37.7 Å². The zero-order valence-electron chi connectivity index (χ0n) is 12.7. The van der Waals surface area contributed by atoms with Crippen molar-refractivity contribution in [3.05, 3.63) is 65.1 Å². The third-order valence-corrected chi connectivity index (χ3v) is 5.51. The summed E-state index contributed by atoms with van der Waals surface area (Å²) in [5.41, 5.74) is 3.77. The van der Waals surface area contributed by atoms with Gasteiger partial charge in [0, 0.05) is 32.7 Å². The average Bonchev–Trinajstić information content (AvgIpc) is 3.27. The van der Waals surface area contributed by atoms with Gasteiger partial charge in [0.25, 0.3) is 0 Å². The largest absolute Gasteiger partial charge is 0.360 e. The number of aromatic amines is 1. The number of H-pyrrole nitrogens is 1. The van der Waals surface area contributed by atoms with Gasteiger partial charge in [0.2, 0.25) is 4.96 Å². The van der Waals surface area contributed by atoms with Crippen LogP contribution in [0.5, 0.6) is 0 Å². The molecule has 0 aliphatic carbocycles. The molecule has 122 valence electrons. The van der Waals surface area contributed by atoms with E-state index in [-0.39, 0.29) is 5.82 Å². The second-order valence-electron chi connectivity index (χ2n) is 5.66. The van der Waals surface area contributed by atoms with Crippen molar-refractivity contribution < 1.29 is 4.39 Å². The van der Waals surface area contributed by atoms with Crippen LogP contribution in [0.4, 0.5) is 4.39 Å². The minimum atomic E-state index is -0.254. The fourth-order valence-electron chi connectivity index (χ4n) is 2.84. The first-order valence-electron chi connectivity index (χ1n) is 7.56. The van der Waals surface area contributed by atoms with Gasteiger partial charge in [-0.3, -0.25) is 0 Å². The maximum absolute atomic E-state index is 13.1. The Labute approximate surface area is 154 Å². The normalized spacial score (nSPS) is 11.6. The molecule has 0 aliphatic rings. The number of fused-ring (bicyclic) bond motifs is 2. The Morgan fingerprint density at radius 3 is 2.76 bits per heavy atom. The zero-order chi connectivity index (χ0) is 17.0. The van der Waals surface area contributed by atoms with Crippen LogP contribution in [0, 0.1) is 5.82 Å². The monoisotopic (exact) mass is 412 g/mol. The minimum absolute atomic E-state index is 0.254. The van der Waals surface area contributed by atoms with Crippen molar-refractivity contribution in [2.75, 3.05) is 0 Å². The van der Waals surface area contributed by atoms with E-state index in [0.717, 1.165) is 42.2 Å². The first-order valence-corrected chi connectivity index (χ1v) is 9.17. The van der Waals surface area contributed by atoms with Gasteiger partial charge in [-0.15, -0.1) is 0 Å². The van der Waals surface area contributed by atoms with Crippen LogP contribution in [0.2, 0.25) is 0 Å². The Kier molecular flexibility index (Phi) is 3.26. The Morgan fingerprint density at radius 2 is 1.96 bits per heavy atom. The van der Waals surface area contributed by atoms with Crippen molar-refractivity contribution in [1.29, 1.82) is 0 Å². The molecule has 7 heteroatoms. The van der Waals surface area contributed by atoms with Gasteiger partial charge in [-0.1, -0.05) is 27.3 Å². The highest BCUT2D eigenvalue weighted by Crippen LogP contribution is 2.34. The SMILES string of the molecule is Fc1ccc(-c2cn3nc(-c4c[nH]c5ccc(Br)cc45)sc3n2)cc1. The van der Waals surface area contributed by atoms with E-state index in [4.69, 9.17) is 0 Å². The summed E-state index contributed by atoms with van der Waals surface area (Å²) >= 11 is 5.04. The highest BCUT2D eigenvalue weighted by atomic mass is 79.9. The van der Waals surface area contributed by atoms with Crippen molar-refractivity contribution in [3.63, 3.8) is 0 Å². The van der Waals surface area contributed by atoms with E-state index < -0.39 is 0 Å². The van der Waals surface area contributed by atoms with Crippen LogP contribution in [-0.2, 0) is 0 Å². The van der Waals surface area contributed by atoms with E-state index in [1.54, 1.807) is 16.6 Å². The topological polar surface area (TPSA) is 46.0 Å². The lowest BCUT2D eigenvalue weighted by molar-refractivity contribution is 0.628. The van der Waals surface area contributed by atoms with Gasteiger partial charge in [-0.25, -0.2) is 13.9 Å². The van der Waals surface area contributed by atoms with Gasteiger partial charge in [-0.2, -0.15) is 5.10 Å². The first-order chi connectivity index (χ1) is 12.2. The number of hydrogen-bond acceptors (Lipinski definition) is 3. The Hall–Kier alpha value is -2.51. The van der Waals surface area contributed by atoms with Crippen molar-refractivity contribution in [2.24, 2.45) is 0 Å². The number of benzene rings is 2. The van der Waals surface area contributed by atoms with Crippen molar-refractivity contribution in [3.8, 4) is 21.8 Å². The maximum Gasteiger partial charge on any atom is 0.213 e. The zero-order valence-corrected chi connectivity index (χ0v) is 15.1. The summed E-state index contributed by atoms with van der Waals surface area (Å²) in [7, 11) is 0. The molecule has 0 unspecified atom stereocenters. The summed E-state index contributed by atoms with van der Waals surface area (Å²) in [6.07, 6.45) is 3.84. The van der Waals surface area contributed by atoms with Crippen molar-refractivity contribution in [2.45, 2.75) is 0 Å². The second-order valence-corrected chi connectivity index (χ2v) is 7.53. The van der Waals surface area contributed by atoms with Gasteiger partial charge in [0.15, 0.2) is 0 Å². The number of nitrogens with zero attached hydrogens (tertiary/aromatic N) is 3. The van der Waals surface area contributed by atoms with E-state index in [1.807, 2.05) is 24.5 Å². The van der Waals surface area contributed by atoms with E-state index >= 15 is 0 Å². The van der Waals surface area contributed by atoms with Crippen LogP contribution in [0.15, 0.2) is 59.3 Å². The lowest BCUT2D eigenvalue weighted by Crippen LogP contribution is -1.82. The molecule has 0 amide bonds. The standard InChI is InChI=1S/C18H10BrFN4S/c19-11-3-6-15-13(7-11)14(8-21-15)17-23-24-9-16(22-18(24)25-17)10-1-4-12(20)5-2-10/h1-9,21H. The predicted molar refractivity (Wildman–Crippen MR) is 101 cm³/mol. The first kappa shape index (κ1) is 14.8. The van der Waals surface area contributed by atoms with Gasteiger partial charge >= 0.3 is 0 Å². The number of aromatic nitrogens is 4. The third-order valence-electron chi connectivity index (χ3n) is 4.06. The highest BCUT2D eigenvalue weighted by Gasteiger charge is 2.14. The molecular formula is C18H10BrFN4S. The Balaban J connectivity index is 1.60. The smallest absolute Gasteiger partial charge is 0.213 e. The molecule has 2 aromatic carbocycles. The average molecular weight is 413 g/mol. The number of rotatable bonds is 2. The fourth-order valence-corrected chi connectivity index (χ4v) is 4.11. The molecule has 0 saturated heterocycles. The molecule has 5 aromatic rings. The van der Waals surface area contributed by atoms with Crippen LogP contribution < -0.4 is 0 Å². The lowest BCUT2D eigenvalue weighted by atomic mass is 10.2. The van der Waals surface area contributed by atoms with Crippen molar-refractivity contribution in [1.82, 2.24) is 19.6 Å². The van der Waals surface area contributed by atoms with Crippen LogP contribution in [0.1, 0.15) is 0 Å². The van der Waals surface area contributed by atoms with Gasteiger partial charge < -0.3 is 4.98 Å². The molecule has 0 radical (unpaired) electrons. The summed E-state index contributed by atoms with van der Waals surface area (Å²) in [4.78, 5) is 8.70. The van der Waals surface area contributed by atoms with Crippen LogP contribution >= 0.6 is 27.3 Å². The van der Waals surface area contributed by atoms with E-state index in [9.17, 15) is 4.39 Å². The summed E-state index contributed by atoms with van der Waals surface area (Å²) in [6.45, 7) is 0. The minimum Gasteiger partial charge on any atom is -0.360 e. The van der Waals surface area contributed by atoms with Gasteiger partial charge in [0.05, 0.1) is 11.9 Å². The Bertz CT molecular complexity index is 1190. The van der Waals surface area contributed by atoms with Crippen LogP contribution in [-0.4, -0.2) is 19.6 Å². The van der Waals surface area contributed by atoms with E-state index in [1.165, 1.54) is 23.5 Å². The molecule has 3 heterocycles. The highest BCUT2D eigenvalue weighted by molar-refractivity contribution is 9.10. The molecule has 1 N–H and O–H groups in total. The molecule has 0 spiro atoms. The molecule has 25 heavy (non-hydrogen) atoms. The van der Waals surface area contributed by atoms with E-state index in [0.29, 0.717) is 0 Å². The molecular weight excluding hydrogens is 403 g/mol. The van der Waals surface area contributed by atoms with Gasteiger partial charge in [-0.05, 0) is 42.5 Å². The molecule has 0 bridgehead atoms. The van der Waals surface area contributed by atoms with Gasteiger partial charge in [0.1, 0.15) is 10.8 Å². The maximum atomic E-state index is 13.1. The molecule has 0 fully saturated rings. The number of nitrogens with one attached hydrogen (secondary N) is 1. The summed E-state index contributed by atoms with van der Waals surface area (Å²) in [5, 5.41) is 6.68. The predicted octanol–water partition coefficient (Wildman–Crippen LogP) is 5.51. The molecule has 0 atom stereocenters. The quantitative estimate of drug-likeness (QED) is 0.415. The van der Waals surface area contributed by atoms with E-state index in [2.05, 4.69) is 37.1 Å². The molecule has 0 saturated carbocycles. The van der Waals surface area contributed by atoms with Crippen LogP contribution in [0.3, 0.4) is 0 Å². The molecule has 5 rings (SSSR count). The van der Waals surface area contributed by atoms with Crippen molar-refractivity contribution >= 4 is 43.1 Å². The fraction of sp³-hybridized carbons (Fsp3) is 0. The number of halogens is 2. The summed E-state index contributed by atoms with van der Waals surface area (Å²) < 4.78 is 15.9. The third kappa shape index (κ3) is 2.47. The molecule has 3 aromatic heterocycles. The number of hydrogen-bond donors (Lipinski definition) is 1. The number of imidazole rings is 1. The molecule has 0 aliphatic heterocycles.